The van der Waals surface area contributed by atoms with Gasteiger partial charge >= 0.3 is 5.97 Å². The fourth-order valence-electron chi connectivity index (χ4n) is 2.35. The lowest BCUT2D eigenvalue weighted by atomic mass is 9.97. The van der Waals surface area contributed by atoms with E-state index in [0.29, 0.717) is 6.42 Å². The van der Waals surface area contributed by atoms with E-state index in [1.165, 1.54) is 6.07 Å². The predicted octanol–water partition coefficient (Wildman–Crippen LogP) is 2.49. The first kappa shape index (κ1) is 15.1. The molecular weight excluding hydrogens is 272 g/mol. The molecule has 5 heteroatoms. The van der Waals surface area contributed by atoms with E-state index in [0.717, 1.165) is 12.5 Å². The van der Waals surface area contributed by atoms with Gasteiger partial charge in [0, 0.05) is 12.5 Å². The van der Waals surface area contributed by atoms with Gasteiger partial charge in [-0.25, -0.2) is 0 Å². The number of carbonyl (C=O) groups is 2. The van der Waals surface area contributed by atoms with Crippen molar-refractivity contribution in [1.29, 1.82) is 0 Å². The summed E-state index contributed by atoms with van der Waals surface area (Å²) in [6.45, 7) is 1.81. The lowest BCUT2D eigenvalue weighted by Gasteiger charge is -2.15. The van der Waals surface area contributed by atoms with Crippen LogP contribution in [0.2, 0.25) is 0 Å². The van der Waals surface area contributed by atoms with Crippen LogP contribution in [-0.4, -0.2) is 28.1 Å². The molecule has 2 rings (SSSR count). The second-order valence-corrected chi connectivity index (χ2v) is 5.15. The number of phenols is 2. The van der Waals surface area contributed by atoms with Crippen LogP contribution in [0.4, 0.5) is 0 Å². The summed E-state index contributed by atoms with van der Waals surface area (Å²) in [5, 5.41) is 19.4. The van der Waals surface area contributed by atoms with Gasteiger partial charge in [0.05, 0.1) is 18.1 Å². The molecule has 1 aromatic carbocycles. The van der Waals surface area contributed by atoms with E-state index in [9.17, 15) is 19.8 Å². The van der Waals surface area contributed by atoms with E-state index in [2.05, 4.69) is 0 Å². The van der Waals surface area contributed by atoms with E-state index in [1.54, 1.807) is 6.08 Å². The van der Waals surface area contributed by atoms with Gasteiger partial charge in [-0.05, 0) is 31.4 Å². The van der Waals surface area contributed by atoms with Gasteiger partial charge in [0.25, 0.3) is 0 Å². The van der Waals surface area contributed by atoms with E-state index in [4.69, 9.17) is 4.74 Å². The number of rotatable bonds is 0. The van der Waals surface area contributed by atoms with Crippen LogP contribution < -0.4 is 0 Å². The number of hydrogen-bond acceptors (Lipinski definition) is 5. The number of cyclic esters (lactones) is 1. The van der Waals surface area contributed by atoms with Gasteiger partial charge in [-0.15, -0.1) is 0 Å². The standard InChI is InChI=1S/C16H18O5/c1-10-5-3-2-4-6-13(18)16-11(8-15(20)21-10)7-12(17)9-14(16)19/h2,4,7,9-10,17,19H,3,5-6,8H2,1H3/b4-2-/t10-/m0/s1. The minimum atomic E-state index is -0.480. The minimum absolute atomic E-state index is 0.0719. The average molecular weight is 290 g/mol. The SMILES string of the molecule is C[C@H]1CC/C=C\CC(=O)c2c(O)cc(O)cc2CC(=O)O1. The summed E-state index contributed by atoms with van der Waals surface area (Å²) in [7, 11) is 0. The third kappa shape index (κ3) is 3.84. The average Bonchev–Trinajstić information content (AvgIpc) is 2.35. The Morgan fingerprint density at radius 3 is 2.71 bits per heavy atom. The number of fused-ring (bicyclic) bond motifs is 1. The number of benzene rings is 1. The monoisotopic (exact) mass is 290 g/mol. The Hall–Kier alpha value is -2.30. The second-order valence-electron chi connectivity index (χ2n) is 5.15. The molecular formula is C16H18O5. The van der Waals surface area contributed by atoms with Crippen LogP contribution in [0.3, 0.4) is 0 Å². The molecule has 0 unspecified atom stereocenters. The number of allylic oxidation sites excluding steroid dienone is 2. The third-order valence-corrected chi connectivity index (χ3v) is 3.34. The molecule has 5 nitrogen and oxygen atoms in total. The van der Waals surface area contributed by atoms with Gasteiger partial charge in [0.2, 0.25) is 0 Å². The highest BCUT2D eigenvalue weighted by Crippen LogP contribution is 2.29. The van der Waals surface area contributed by atoms with E-state index >= 15 is 0 Å². The summed E-state index contributed by atoms with van der Waals surface area (Å²) < 4.78 is 5.25. The summed E-state index contributed by atoms with van der Waals surface area (Å²) >= 11 is 0. The van der Waals surface area contributed by atoms with Gasteiger partial charge in [-0.3, -0.25) is 9.59 Å². The molecule has 1 aromatic rings. The number of esters is 1. The Balaban J connectivity index is 2.42. The summed E-state index contributed by atoms with van der Waals surface area (Å²) in [6.07, 6.45) is 4.79. The zero-order valence-corrected chi connectivity index (χ0v) is 11.8. The molecule has 0 amide bonds. The smallest absolute Gasteiger partial charge is 0.310 e. The summed E-state index contributed by atoms with van der Waals surface area (Å²) in [4.78, 5) is 24.1. The van der Waals surface area contributed by atoms with Crippen molar-refractivity contribution in [3.8, 4) is 11.5 Å². The topological polar surface area (TPSA) is 83.8 Å². The first-order valence-electron chi connectivity index (χ1n) is 6.90. The van der Waals surface area contributed by atoms with Crippen molar-refractivity contribution in [3.05, 3.63) is 35.4 Å². The molecule has 1 atom stereocenters. The first-order valence-corrected chi connectivity index (χ1v) is 6.90. The lowest BCUT2D eigenvalue weighted by Crippen LogP contribution is -2.18. The van der Waals surface area contributed by atoms with Gasteiger partial charge in [-0.1, -0.05) is 12.2 Å². The Labute approximate surface area is 122 Å². The van der Waals surface area contributed by atoms with E-state index in [-0.39, 0.29) is 47.4 Å². The predicted molar refractivity (Wildman–Crippen MR) is 76.4 cm³/mol. The Morgan fingerprint density at radius 1 is 1.19 bits per heavy atom. The molecule has 112 valence electrons. The van der Waals surface area contributed by atoms with Crippen LogP contribution in [0.25, 0.3) is 0 Å². The molecule has 0 spiro atoms. The van der Waals surface area contributed by atoms with E-state index in [1.807, 2.05) is 13.0 Å². The van der Waals surface area contributed by atoms with Crippen molar-refractivity contribution in [2.75, 3.05) is 0 Å². The molecule has 0 aromatic heterocycles. The number of phenolic OH excluding ortho intramolecular Hbond substituents is 2. The third-order valence-electron chi connectivity index (χ3n) is 3.34. The number of carbonyl (C=O) groups excluding carboxylic acids is 2. The van der Waals surface area contributed by atoms with Crippen molar-refractivity contribution < 1.29 is 24.5 Å². The molecule has 1 aliphatic heterocycles. The molecule has 0 aliphatic carbocycles. The number of aromatic hydroxyl groups is 2. The highest BCUT2D eigenvalue weighted by molar-refractivity contribution is 6.01. The summed E-state index contributed by atoms with van der Waals surface area (Å²) in [5.41, 5.74) is 0.353. The Morgan fingerprint density at radius 2 is 1.95 bits per heavy atom. The van der Waals surface area contributed by atoms with Crippen molar-refractivity contribution in [2.24, 2.45) is 0 Å². The van der Waals surface area contributed by atoms with Crippen molar-refractivity contribution >= 4 is 11.8 Å². The fourth-order valence-corrected chi connectivity index (χ4v) is 2.35. The summed E-state index contributed by atoms with van der Waals surface area (Å²) in [5.74, 6) is -1.28. The molecule has 1 aliphatic rings. The Kier molecular flexibility index (Phi) is 4.62. The van der Waals surface area contributed by atoms with E-state index < -0.39 is 5.97 Å². The number of hydrogen-bond donors (Lipinski definition) is 2. The van der Waals surface area contributed by atoms with Gasteiger partial charge in [0.1, 0.15) is 11.5 Å². The van der Waals surface area contributed by atoms with Crippen molar-refractivity contribution in [1.82, 2.24) is 0 Å². The normalized spacial score (nSPS) is 21.7. The van der Waals surface area contributed by atoms with Crippen molar-refractivity contribution in [3.63, 3.8) is 0 Å². The number of ketones is 1. The minimum Gasteiger partial charge on any atom is -0.508 e. The highest BCUT2D eigenvalue weighted by Gasteiger charge is 2.20. The fraction of sp³-hybridized carbons (Fsp3) is 0.375. The first-order chi connectivity index (χ1) is 9.97. The molecule has 2 N–H and O–H groups in total. The molecule has 0 radical (unpaired) electrons. The largest absolute Gasteiger partial charge is 0.508 e. The van der Waals surface area contributed by atoms with Crippen LogP contribution >= 0.6 is 0 Å². The zero-order valence-electron chi connectivity index (χ0n) is 11.8. The number of ether oxygens (including phenoxy) is 1. The molecule has 0 saturated heterocycles. The molecule has 21 heavy (non-hydrogen) atoms. The van der Waals surface area contributed by atoms with Gasteiger partial charge < -0.3 is 14.9 Å². The molecule has 1 heterocycles. The maximum absolute atomic E-state index is 12.2. The number of Topliss-reactive ketones (excluding diaryl/α,β-unsaturated/α-hetero) is 1. The summed E-state index contributed by atoms with van der Waals surface area (Å²) in [6, 6.07) is 2.41. The Bertz CT molecular complexity index is 589. The maximum atomic E-state index is 12.2. The molecule has 0 fully saturated rings. The van der Waals surface area contributed by atoms with Gasteiger partial charge in [-0.2, -0.15) is 0 Å². The maximum Gasteiger partial charge on any atom is 0.310 e. The van der Waals surface area contributed by atoms with Crippen LogP contribution in [0.15, 0.2) is 24.3 Å². The highest BCUT2D eigenvalue weighted by atomic mass is 16.5. The van der Waals surface area contributed by atoms with Gasteiger partial charge in [0.15, 0.2) is 5.78 Å². The lowest BCUT2D eigenvalue weighted by molar-refractivity contribution is -0.147. The zero-order chi connectivity index (χ0) is 15.4. The van der Waals surface area contributed by atoms with Crippen LogP contribution in [-0.2, 0) is 16.0 Å². The second kappa shape index (κ2) is 6.43. The molecule has 0 bridgehead atoms. The molecule has 0 saturated carbocycles. The van der Waals surface area contributed by atoms with Crippen LogP contribution in [0, 0.1) is 0 Å². The van der Waals surface area contributed by atoms with Crippen molar-refractivity contribution in [2.45, 2.75) is 38.7 Å². The van der Waals surface area contributed by atoms with Crippen LogP contribution in [0.1, 0.15) is 42.1 Å². The quantitative estimate of drug-likeness (QED) is 0.566. The van der Waals surface area contributed by atoms with Crippen LogP contribution in [0.5, 0.6) is 11.5 Å².